The fraction of sp³-hybridized carbons (Fsp3) is 0.278. The highest BCUT2D eigenvalue weighted by atomic mass is 19.4. The van der Waals surface area contributed by atoms with Gasteiger partial charge in [-0.1, -0.05) is 26.0 Å². The molecule has 0 spiro atoms. The van der Waals surface area contributed by atoms with Gasteiger partial charge in [0, 0.05) is 5.56 Å². The molecule has 2 aromatic carbocycles. The highest BCUT2D eigenvalue weighted by Crippen LogP contribution is 2.37. The minimum atomic E-state index is -4.37. The van der Waals surface area contributed by atoms with Crippen LogP contribution in [0, 0.1) is 6.92 Å². The first-order valence-corrected chi connectivity index (χ1v) is 6.95. The van der Waals surface area contributed by atoms with Crippen LogP contribution in [0.1, 0.15) is 36.5 Å². The molecule has 0 N–H and O–H groups in total. The van der Waals surface area contributed by atoms with Crippen molar-refractivity contribution in [1.29, 1.82) is 0 Å². The molecule has 0 amide bonds. The third-order valence-electron chi connectivity index (χ3n) is 3.61. The lowest BCUT2D eigenvalue weighted by molar-refractivity contribution is -0.137. The van der Waals surface area contributed by atoms with E-state index in [9.17, 15) is 13.2 Å². The zero-order valence-corrected chi connectivity index (χ0v) is 12.8. The molecule has 117 valence electrons. The number of ether oxygens (including phenoxy) is 1. The minimum Gasteiger partial charge on any atom is -0.496 e. The monoisotopic (exact) mass is 307 g/mol. The Bertz CT molecular complexity index is 673. The van der Waals surface area contributed by atoms with Crippen molar-refractivity contribution in [3.8, 4) is 16.9 Å². The maximum Gasteiger partial charge on any atom is 0.416 e. The van der Waals surface area contributed by atoms with Gasteiger partial charge in [-0.2, -0.15) is 13.2 Å². The molecule has 4 heteroatoms. The standard InChI is InChI=1S/C18H18F3O/c1-11(2)13-5-8-17(22-4)16(10-13)15-7-6-14(9-12(15)3)18(19,20)21/h5-11H,3H2,1-2,4H3. The van der Waals surface area contributed by atoms with Gasteiger partial charge in [0.25, 0.3) is 0 Å². The third-order valence-corrected chi connectivity index (χ3v) is 3.61. The molecule has 0 saturated heterocycles. The fourth-order valence-corrected chi connectivity index (χ4v) is 2.33. The maximum absolute atomic E-state index is 12.8. The lowest BCUT2D eigenvalue weighted by Gasteiger charge is -2.16. The Morgan fingerprint density at radius 1 is 1.00 bits per heavy atom. The summed E-state index contributed by atoms with van der Waals surface area (Å²) in [6.45, 7) is 7.88. The Hall–Kier alpha value is -1.97. The second-order valence-electron chi connectivity index (χ2n) is 5.48. The van der Waals surface area contributed by atoms with Gasteiger partial charge in [0.2, 0.25) is 0 Å². The van der Waals surface area contributed by atoms with E-state index in [4.69, 9.17) is 4.74 Å². The molecule has 0 unspecified atom stereocenters. The highest BCUT2D eigenvalue weighted by Gasteiger charge is 2.30. The predicted molar refractivity (Wildman–Crippen MR) is 82.0 cm³/mol. The van der Waals surface area contributed by atoms with Crippen molar-refractivity contribution in [3.05, 3.63) is 60.0 Å². The molecule has 0 heterocycles. The second-order valence-corrected chi connectivity index (χ2v) is 5.48. The molecule has 0 aliphatic heterocycles. The normalized spacial score (nSPS) is 11.8. The molecular weight excluding hydrogens is 289 g/mol. The fourth-order valence-electron chi connectivity index (χ4n) is 2.33. The second kappa shape index (κ2) is 6.03. The summed E-state index contributed by atoms with van der Waals surface area (Å²) in [6, 6.07) is 9.33. The summed E-state index contributed by atoms with van der Waals surface area (Å²) in [6.07, 6.45) is -4.37. The maximum atomic E-state index is 12.8. The van der Waals surface area contributed by atoms with E-state index < -0.39 is 11.7 Å². The minimum absolute atomic E-state index is 0.312. The van der Waals surface area contributed by atoms with Gasteiger partial charge in [0.15, 0.2) is 0 Å². The molecule has 2 rings (SSSR count). The van der Waals surface area contributed by atoms with Gasteiger partial charge in [0.05, 0.1) is 12.7 Å². The van der Waals surface area contributed by atoms with Crippen LogP contribution in [0.4, 0.5) is 13.2 Å². The van der Waals surface area contributed by atoms with Crippen LogP contribution in [-0.4, -0.2) is 7.11 Å². The van der Waals surface area contributed by atoms with Crippen LogP contribution >= 0.6 is 0 Å². The van der Waals surface area contributed by atoms with Gasteiger partial charge < -0.3 is 4.74 Å². The number of alkyl halides is 3. The molecule has 22 heavy (non-hydrogen) atoms. The smallest absolute Gasteiger partial charge is 0.416 e. The van der Waals surface area contributed by atoms with Gasteiger partial charge in [0.1, 0.15) is 5.75 Å². The first kappa shape index (κ1) is 16.4. The Balaban J connectivity index is 2.58. The van der Waals surface area contributed by atoms with Crippen molar-refractivity contribution in [3.63, 3.8) is 0 Å². The van der Waals surface area contributed by atoms with Crippen LogP contribution in [0.3, 0.4) is 0 Å². The van der Waals surface area contributed by atoms with Crippen LogP contribution in [0.25, 0.3) is 11.1 Å². The molecule has 0 aliphatic carbocycles. The molecule has 0 fully saturated rings. The molecule has 0 atom stereocenters. The van der Waals surface area contributed by atoms with Gasteiger partial charge in [-0.05, 0) is 53.8 Å². The van der Waals surface area contributed by atoms with Crippen molar-refractivity contribution < 1.29 is 17.9 Å². The largest absolute Gasteiger partial charge is 0.496 e. The molecule has 1 radical (unpaired) electrons. The Kier molecular flexibility index (Phi) is 4.50. The third kappa shape index (κ3) is 3.26. The summed E-state index contributed by atoms with van der Waals surface area (Å²) >= 11 is 0. The lowest BCUT2D eigenvalue weighted by Crippen LogP contribution is -2.05. The Morgan fingerprint density at radius 2 is 1.68 bits per heavy atom. The molecule has 0 bridgehead atoms. The summed E-state index contributed by atoms with van der Waals surface area (Å²) in [4.78, 5) is 0. The summed E-state index contributed by atoms with van der Waals surface area (Å²) in [5.74, 6) is 0.932. The predicted octanol–water partition coefficient (Wildman–Crippen LogP) is 5.69. The van der Waals surface area contributed by atoms with E-state index in [2.05, 4.69) is 20.8 Å². The number of benzene rings is 2. The van der Waals surface area contributed by atoms with E-state index in [1.54, 1.807) is 7.11 Å². The topological polar surface area (TPSA) is 9.23 Å². The lowest BCUT2D eigenvalue weighted by atomic mass is 9.93. The number of hydrogen-bond acceptors (Lipinski definition) is 1. The summed E-state index contributed by atoms with van der Waals surface area (Å²) in [5, 5.41) is 0. The zero-order chi connectivity index (χ0) is 16.5. The molecule has 1 nitrogen and oxygen atoms in total. The van der Waals surface area contributed by atoms with Crippen LogP contribution in [0.15, 0.2) is 36.4 Å². The first-order chi connectivity index (χ1) is 10.2. The van der Waals surface area contributed by atoms with Gasteiger partial charge >= 0.3 is 6.18 Å². The van der Waals surface area contributed by atoms with E-state index in [1.807, 2.05) is 18.2 Å². The number of halogens is 3. The molecular formula is C18H18F3O. The zero-order valence-electron chi connectivity index (χ0n) is 12.8. The molecule has 0 aromatic heterocycles. The van der Waals surface area contributed by atoms with E-state index in [-0.39, 0.29) is 0 Å². The number of hydrogen-bond donors (Lipinski definition) is 0. The van der Waals surface area contributed by atoms with Crippen LogP contribution in [0.2, 0.25) is 0 Å². The first-order valence-electron chi connectivity index (χ1n) is 6.95. The van der Waals surface area contributed by atoms with E-state index in [0.717, 1.165) is 23.3 Å². The SMILES string of the molecule is [CH2]c1cc(C(F)(F)F)ccc1-c1cc(C(C)C)ccc1OC. The van der Waals surface area contributed by atoms with Crippen LogP contribution < -0.4 is 4.74 Å². The summed E-state index contributed by atoms with van der Waals surface area (Å²) < 4.78 is 43.6. The number of rotatable bonds is 3. The number of methoxy groups -OCH3 is 1. The molecule has 2 aromatic rings. The van der Waals surface area contributed by atoms with E-state index in [0.29, 0.717) is 22.8 Å². The van der Waals surface area contributed by atoms with Crippen LogP contribution in [-0.2, 0) is 6.18 Å². The van der Waals surface area contributed by atoms with Gasteiger partial charge in [-0.3, -0.25) is 0 Å². The van der Waals surface area contributed by atoms with E-state index in [1.165, 1.54) is 6.07 Å². The average Bonchev–Trinajstić information content (AvgIpc) is 2.45. The summed E-state index contributed by atoms with van der Waals surface area (Å²) in [5.41, 5.74) is 2.13. The Labute approximate surface area is 128 Å². The van der Waals surface area contributed by atoms with Crippen LogP contribution in [0.5, 0.6) is 5.75 Å². The summed E-state index contributed by atoms with van der Waals surface area (Å²) in [7, 11) is 1.54. The van der Waals surface area contributed by atoms with E-state index >= 15 is 0 Å². The quantitative estimate of drug-likeness (QED) is 0.708. The molecule has 0 saturated carbocycles. The highest BCUT2D eigenvalue weighted by molar-refractivity contribution is 5.75. The van der Waals surface area contributed by atoms with Crippen molar-refractivity contribution in [2.24, 2.45) is 0 Å². The average molecular weight is 307 g/mol. The Morgan fingerprint density at radius 3 is 2.18 bits per heavy atom. The van der Waals surface area contributed by atoms with Crippen molar-refractivity contribution >= 4 is 0 Å². The van der Waals surface area contributed by atoms with Gasteiger partial charge in [-0.25, -0.2) is 0 Å². The van der Waals surface area contributed by atoms with Gasteiger partial charge in [-0.15, -0.1) is 0 Å². The van der Waals surface area contributed by atoms with Crippen molar-refractivity contribution in [2.45, 2.75) is 25.9 Å². The molecule has 0 aliphatic rings. The van der Waals surface area contributed by atoms with Crippen molar-refractivity contribution in [2.75, 3.05) is 7.11 Å². The van der Waals surface area contributed by atoms with Crippen molar-refractivity contribution in [1.82, 2.24) is 0 Å².